The molecule has 1 N–H and O–H groups in total. The highest BCUT2D eigenvalue weighted by molar-refractivity contribution is 7.88. The van der Waals surface area contributed by atoms with Gasteiger partial charge in [0.15, 0.2) is 0 Å². The zero-order chi connectivity index (χ0) is 21.7. The van der Waals surface area contributed by atoms with Crippen LogP contribution < -0.4 is 10.1 Å². The second-order valence-corrected chi connectivity index (χ2v) is 9.53. The number of carbonyl (C=O) groups excluding carboxylic acids is 1. The number of nitrogens with one attached hydrogen (secondary N) is 1. The van der Waals surface area contributed by atoms with Crippen LogP contribution >= 0.6 is 0 Å². The zero-order valence-corrected chi connectivity index (χ0v) is 18.0. The number of sulfonamides is 1. The fourth-order valence-electron chi connectivity index (χ4n) is 3.59. The lowest BCUT2D eigenvalue weighted by molar-refractivity contribution is -0.126. The fraction of sp³-hybridized carbons (Fsp3) is 0.409. The van der Waals surface area contributed by atoms with Gasteiger partial charge in [-0.15, -0.1) is 0 Å². The smallest absolute Gasteiger partial charge is 0.223 e. The maximum atomic E-state index is 13.0. The summed E-state index contributed by atoms with van der Waals surface area (Å²) >= 11 is 0. The molecular formula is C22H27FN2O4S. The predicted molar refractivity (Wildman–Crippen MR) is 113 cm³/mol. The van der Waals surface area contributed by atoms with Gasteiger partial charge in [-0.2, -0.15) is 0 Å². The minimum atomic E-state index is -3.50. The summed E-state index contributed by atoms with van der Waals surface area (Å²) in [5, 5.41) is 3.02. The first-order chi connectivity index (χ1) is 14.3. The molecule has 30 heavy (non-hydrogen) atoms. The summed E-state index contributed by atoms with van der Waals surface area (Å²) in [4.78, 5) is 12.6. The minimum Gasteiger partial charge on any atom is -0.497 e. The van der Waals surface area contributed by atoms with E-state index in [9.17, 15) is 17.6 Å². The zero-order valence-electron chi connectivity index (χ0n) is 17.2. The van der Waals surface area contributed by atoms with E-state index < -0.39 is 15.8 Å². The second kappa shape index (κ2) is 9.57. The Morgan fingerprint density at radius 2 is 1.73 bits per heavy atom. The third kappa shape index (κ3) is 5.58. The molecule has 1 heterocycles. The standard InChI is InChI=1S/C22H27FN2O4S/c1-16(18-5-9-21(29-2)10-6-18)24-22(26)19-11-13-25(14-12-19)30(27,28)15-17-3-7-20(23)8-4-17/h3-10,16,19H,11-15H2,1-2H3,(H,24,26)/t16-/m0/s1. The third-order valence-corrected chi connectivity index (χ3v) is 7.31. The van der Waals surface area contributed by atoms with Crippen molar-refractivity contribution in [2.45, 2.75) is 31.6 Å². The molecule has 1 fully saturated rings. The van der Waals surface area contributed by atoms with Crippen LogP contribution in [0.2, 0.25) is 0 Å². The lowest BCUT2D eigenvalue weighted by atomic mass is 9.96. The van der Waals surface area contributed by atoms with Crippen molar-refractivity contribution in [2.24, 2.45) is 5.92 Å². The van der Waals surface area contributed by atoms with E-state index in [1.54, 1.807) is 7.11 Å². The molecule has 0 aliphatic carbocycles. The van der Waals surface area contributed by atoms with Gasteiger partial charge in [-0.1, -0.05) is 24.3 Å². The molecule has 0 saturated carbocycles. The number of halogens is 1. The Morgan fingerprint density at radius 3 is 2.30 bits per heavy atom. The molecule has 2 aromatic carbocycles. The van der Waals surface area contributed by atoms with Gasteiger partial charge in [0.05, 0.1) is 18.9 Å². The largest absolute Gasteiger partial charge is 0.497 e. The van der Waals surface area contributed by atoms with Crippen LogP contribution in [-0.4, -0.2) is 38.8 Å². The number of carbonyl (C=O) groups is 1. The first-order valence-corrected chi connectivity index (χ1v) is 11.6. The molecule has 0 spiro atoms. The Bertz CT molecular complexity index is 954. The second-order valence-electron chi connectivity index (χ2n) is 7.56. The van der Waals surface area contributed by atoms with Crippen molar-refractivity contribution in [3.63, 3.8) is 0 Å². The highest BCUT2D eigenvalue weighted by Gasteiger charge is 2.31. The molecule has 0 unspecified atom stereocenters. The molecule has 1 saturated heterocycles. The molecule has 1 amide bonds. The molecule has 1 aliphatic heterocycles. The Hall–Kier alpha value is -2.45. The SMILES string of the molecule is COc1ccc([C@H](C)NC(=O)C2CCN(S(=O)(=O)Cc3ccc(F)cc3)CC2)cc1. The van der Waals surface area contributed by atoms with E-state index in [4.69, 9.17) is 4.74 Å². The van der Waals surface area contributed by atoms with E-state index in [-0.39, 0.29) is 23.6 Å². The van der Waals surface area contributed by atoms with Crippen molar-refractivity contribution in [1.82, 2.24) is 9.62 Å². The van der Waals surface area contributed by atoms with Crippen molar-refractivity contribution in [3.05, 3.63) is 65.5 Å². The van der Waals surface area contributed by atoms with Crippen LogP contribution in [0.15, 0.2) is 48.5 Å². The predicted octanol–water partition coefficient (Wildman–Crippen LogP) is 3.25. The number of rotatable bonds is 7. The normalized spacial score (nSPS) is 16.8. The van der Waals surface area contributed by atoms with Gasteiger partial charge in [-0.05, 0) is 55.2 Å². The summed E-state index contributed by atoms with van der Waals surface area (Å²) in [6, 6.07) is 12.8. The van der Waals surface area contributed by atoms with Crippen LogP contribution in [-0.2, 0) is 20.6 Å². The molecular weight excluding hydrogens is 407 g/mol. The highest BCUT2D eigenvalue weighted by atomic mass is 32.2. The van der Waals surface area contributed by atoms with Gasteiger partial charge in [0.2, 0.25) is 15.9 Å². The molecule has 162 valence electrons. The highest BCUT2D eigenvalue weighted by Crippen LogP contribution is 2.24. The van der Waals surface area contributed by atoms with Crippen molar-refractivity contribution >= 4 is 15.9 Å². The van der Waals surface area contributed by atoms with Crippen LogP contribution in [0.3, 0.4) is 0 Å². The summed E-state index contributed by atoms with van der Waals surface area (Å²) in [5.41, 5.74) is 1.52. The molecule has 6 nitrogen and oxygen atoms in total. The number of methoxy groups -OCH3 is 1. The minimum absolute atomic E-state index is 0.0612. The molecule has 0 bridgehead atoms. The number of amides is 1. The molecule has 1 aliphatic rings. The van der Waals surface area contributed by atoms with E-state index in [2.05, 4.69) is 5.32 Å². The van der Waals surface area contributed by atoms with Gasteiger partial charge in [0.1, 0.15) is 11.6 Å². The average molecular weight is 435 g/mol. The van der Waals surface area contributed by atoms with Gasteiger partial charge >= 0.3 is 0 Å². The van der Waals surface area contributed by atoms with E-state index in [1.165, 1.54) is 28.6 Å². The van der Waals surface area contributed by atoms with E-state index in [1.807, 2.05) is 31.2 Å². The summed E-state index contributed by atoms with van der Waals surface area (Å²) < 4.78 is 44.9. The Balaban J connectivity index is 1.52. The van der Waals surface area contributed by atoms with Crippen molar-refractivity contribution < 1.29 is 22.3 Å². The molecule has 2 aromatic rings. The molecule has 3 rings (SSSR count). The van der Waals surface area contributed by atoms with E-state index in [0.717, 1.165) is 11.3 Å². The quantitative estimate of drug-likeness (QED) is 0.726. The summed E-state index contributed by atoms with van der Waals surface area (Å²) in [7, 11) is -1.90. The molecule has 0 radical (unpaired) electrons. The lowest BCUT2D eigenvalue weighted by Gasteiger charge is -2.31. The van der Waals surface area contributed by atoms with Crippen LogP contribution in [0.5, 0.6) is 5.75 Å². The Kier molecular flexibility index (Phi) is 7.10. The fourth-order valence-corrected chi connectivity index (χ4v) is 5.15. The van der Waals surface area contributed by atoms with Crippen molar-refractivity contribution in [3.8, 4) is 5.75 Å². The molecule has 0 aromatic heterocycles. The number of hydrogen-bond donors (Lipinski definition) is 1. The van der Waals surface area contributed by atoms with E-state index >= 15 is 0 Å². The van der Waals surface area contributed by atoms with Gasteiger partial charge in [-0.25, -0.2) is 17.1 Å². The Labute approximate surface area is 177 Å². The summed E-state index contributed by atoms with van der Waals surface area (Å²) in [6.45, 7) is 2.53. The number of piperidine rings is 1. The van der Waals surface area contributed by atoms with Gasteiger partial charge in [-0.3, -0.25) is 4.79 Å². The third-order valence-electron chi connectivity index (χ3n) is 5.45. The topological polar surface area (TPSA) is 75.7 Å². The Morgan fingerprint density at radius 1 is 1.13 bits per heavy atom. The average Bonchev–Trinajstić information content (AvgIpc) is 2.75. The number of benzene rings is 2. The maximum Gasteiger partial charge on any atom is 0.223 e. The van der Waals surface area contributed by atoms with E-state index in [0.29, 0.717) is 31.5 Å². The molecule has 1 atom stereocenters. The van der Waals surface area contributed by atoms with Gasteiger partial charge in [0.25, 0.3) is 0 Å². The first kappa shape index (κ1) is 22.2. The van der Waals surface area contributed by atoms with Crippen LogP contribution in [0.4, 0.5) is 4.39 Å². The monoisotopic (exact) mass is 434 g/mol. The number of hydrogen-bond acceptors (Lipinski definition) is 4. The van der Waals surface area contributed by atoms with Crippen LogP contribution in [0, 0.1) is 11.7 Å². The van der Waals surface area contributed by atoms with Crippen LogP contribution in [0.1, 0.15) is 36.9 Å². The van der Waals surface area contributed by atoms with Crippen LogP contribution in [0.25, 0.3) is 0 Å². The summed E-state index contributed by atoms with van der Waals surface area (Å²) in [5.74, 6) is -0.0891. The van der Waals surface area contributed by atoms with Gasteiger partial charge in [0, 0.05) is 19.0 Å². The summed E-state index contributed by atoms with van der Waals surface area (Å²) in [6.07, 6.45) is 0.952. The van der Waals surface area contributed by atoms with Gasteiger partial charge < -0.3 is 10.1 Å². The first-order valence-electron chi connectivity index (χ1n) is 9.95. The van der Waals surface area contributed by atoms with Crippen molar-refractivity contribution in [2.75, 3.05) is 20.2 Å². The van der Waals surface area contributed by atoms with Crippen molar-refractivity contribution in [1.29, 1.82) is 0 Å². The lowest BCUT2D eigenvalue weighted by Crippen LogP contribution is -2.43. The number of ether oxygens (including phenoxy) is 1. The molecule has 8 heteroatoms. The maximum absolute atomic E-state index is 13.0. The number of nitrogens with zero attached hydrogens (tertiary/aromatic N) is 1.